The second-order valence-electron chi connectivity index (χ2n) is 6.57. The van der Waals surface area contributed by atoms with Crippen LogP contribution in [0.4, 0.5) is 11.5 Å². The standard InChI is InChI=1S/C19H26N4O4/c1-2-3-4-5-6-7-8-15-13-18(24)22(19(15)25)12-11-20-17-10-9-16(14-21-17)23(26)27/h6-7,9-10,14-15H,2-5,8,11-13H2,1H3,(H,20,21). The van der Waals surface area contributed by atoms with Gasteiger partial charge in [0.1, 0.15) is 12.0 Å². The topological polar surface area (TPSA) is 105 Å². The third kappa shape index (κ3) is 6.16. The van der Waals surface area contributed by atoms with Gasteiger partial charge in [-0.2, -0.15) is 0 Å². The first-order valence-corrected chi connectivity index (χ1v) is 9.36. The van der Waals surface area contributed by atoms with Crippen LogP contribution in [0.5, 0.6) is 0 Å². The van der Waals surface area contributed by atoms with Crippen LogP contribution in [0.2, 0.25) is 0 Å². The zero-order chi connectivity index (χ0) is 19.6. The minimum absolute atomic E-state index is 0.0870. The van der Waals surface area contributed by atoms with Gasteiger partial charge in [0.15, 0.2) is 0 Å². The number of allylic oxidation sites excluding steroid dienone is 2. The highest BCUT2D eigenvalue weighted by Crippen LogP contribution is 2.23. The Morgan fingerprint density at radius 1 is 1.33 bits per heavy atom. The number of anilines is 1. The zero-order valence-corrected chi connectivity index (χ0v) is 15.6. The first-order chi connectivity index (χ1) is 13.0. The minimum atomic E-state index is -0.517. The molecule has 8 heteroatoms. The molecule has 1 aromatic rings. The van der Waals surface area contributed by atoms with Crippen molar-refractivity contribution in [1.29, 1.82) is 0 Å². The molecule has 0 spiro atoms. The summed E-state index contributed by atoms with van der Waals surface area (Å²) < 4.78 is 0. The number of likely N-dealkylation sites (tertiary alicyclic amines) is 1. The Morgan fingerprint density at radius 2 is 2.15 bits per heavy atom. The largest absolute Gasteiger partial charge is 0.368 e. The van der Waals surface area contributed by atoms with Crippen LogP contribution in [0.25, 0.3) is 0 Å². The Labute approximate surface area is 158 Å². The van der Waals surface area contributed by atoms with E-state index in [4.69, 9.17) is 0 Å². The van der Waals surface area contributed by atoms with Crippen molar-refractivity contribution in [1.82, 2.24) is 9.88 Å². The average Bonchev–Trinajstić information content (AvgIpc) is 2.92. The summed E-state index contributed by atoms with van der Waals surface area (Å²) >= 11 is 0. The van der Waals surface area contributed by atoms with Crippen molar-refractivity contribution >= 4 is 23.3 Å². The lowest BCUT2D eigenvalue weighted by Crippen LogP contribution is -2.34. The Bertz CT molecular complexity index is 687. The maximum atomic E-state index is 12.4. The van der Waals surface area contributed by atoms with Crippen molar-refractivity contribution in [2.45, 2.75) is 45.4 Å². The van der Waals surface area contributed by atoms with Gasteiger partial charge in [-0.1, -0.05) is 31.9 Å². The number of nitro groups is 1. The van der Waals surface area contributed by atoms with E-state index in [0.29, 0.717) is 18.8 Å². The first-order valence-electron chi connectivity index (χ1n) is 9.36. The lowest BCUT2D eigenvalue weighted by molar-refractivity contribution is -0.385. The van der Waals surface area contributed by atoms with Crippen molar-refractivity contribution in [3.63, 3.8) is 0 Å². The van der Waals surface area contributed by atoms with E-state index in [9.17, 15) is 19.7 Å². The Kier molecular flexibility index (Phi) is 7.91. The number of aromatic nitrogens is 1. The monoisotopic (exact) mass is 374 g/mol. The van der Waals surface area contributed by atoms with Crippen LogP contribution in [0.1, 0.15) is 45.4 Å². The van der Waals surface area contributed by atoms with E-state index in [-0.39, 0.29) is 36.4 Å². The first kappa shape index (κ1) is 20.5. The fourth-order valence-corrected chi connectivity index (χ4v) is 2.96. The molecule has 1 fully saturated rings. The molecule has 2 rings (SSSR count). The normalized spacial score (nSPS) is 17.1. The maximum Gasteiger partial charge on any atom is 0.287 e. The Hall–Kier alpha value is -2.77. The summed E-state index contributed by atoms with van der Waals surface area (Å²) in [6, 6.07) is 2.85. The predicted octanol–water partition coefficient (Wildman–Crippen LogP) is 3.30. The molecule has 1 aromatic heterocycles. The van der Waals surface area contributed by atoms with E-state index < -0.39 is 4.92 Å². The van der Waals surface area contributed by atoms with Crippen LogP contribution in [0.15, 0.2) is 30.5 Å². The van der Waals surface area contributed by atoms with Crippen molar-refractivity contribution in [3.8, 4) is 0 Å². The molecule has 1 unspecified atom stereocenters. The summed E-state index contributed by atoms with van der Waals surface area (Å²) in [7, 11) is 0. The van der Waals surface area contributed by atoms with Gasteiger partial charge in [-0.3, -0.25) is 24.6 Å². The number of nitrogens with one attached hydrogen (secondary N) is 1. The lowest BCUT2D eigenvalue weighted by atomic mass is 10.0. The molecule has 146 valence electrons. The maximum absolute atomic E-state index is 12.4. The highest BCUT2D eigenvalue weighted by atomic mass is 16.6. The van der Waals surface area contributed by atoms with E-state index in [1.165, 1.54) is 29.9 Å². The Morgan fingerprint density at radius 3 is 2.81 bits per heavy atom. The molecule has 1 N–H and O–H groups in total. The van der Waals surface area contributed by atoms with E-state index in [2.05, 4.69) is 23.3 Å². The van der Waals surface area contributed by atoms with Crippen LogP contribution >= 0.6 is 0 Å². The van der Waals surface area contributed by atoms with Crippen molar-refractivity contribution < 1.29 is 14.5 Å². The number of unbranched alkanes of at least 4 members (excludes halogenated alkanes) is 3. The van der Waals surface area contributed by atoms with Crippen LogP contribution in [0.3, 0.4) is 0 Å². The summed E-state index contributed by atoms with van der Waals surface area (Å²) in [5.74, 6) is -0.0804. The van der Waals surface area contributed by atoms with Gasteiger partial charge in [-0.05, 0) is 25.3 Å². The number of hydrogen-bond donors (Lipinski definition) is 1. The highest BCUT2D eigenvalue weighted by molar-refractivity contribution is 6.03. The van der Waals surface area contributed by atoms with E-state index in [1.807, 2.05) is 6.08 Å². The summed E-state index contributed by atoms with van der Waals surface area (Å²) in [6.45, 7) is 2.77. The van der Waals surface area contributed by atoms with E-state index in [0.717, 1.165) is 19.0 Å². The van der Waals surface area contributed by atoms with Gasteiger partial charge >= 0.3 is 0 Å². The smallest absolute Gasteiger partial charge is 0.287 e. The van der Waals surface area contributed by atoms with Crippen molar-refractivity contribution in [2.75, 3.05) is 18.4 Å². The number of hydrogen-bond acceptors (Lipinski definition) is 6. The average molecular weight is 374 g/mol. The van der Waals surface area contributed by atoms with Gasteiger partial charge in [0.25, 0.3) is 5.69 Å². The van der Waals surface area contributed by atoms with Crippen LogP contribution in [0, 0.1) is 16.0 Å². The molecule has 0 saturated carbocycles. The molecule has 0 aromatic carbocycles. The molecule has 1 aliphatic heterocycles. The molecule has 0 aliphatic carbocycles. The zero-order valence-electron chi connectivity index (χ0n) is 15.6. The number of carbonyl (C=O) groups is 2. The Balaban J connectivity index is 1.75. The number of imide groups is 1. The molecule has 27 heavy (non-hydrogen) atoms. The minimum Gasteiger partial charge on any atom is -0.368 e. The van der Waals surface area contributed by atoms with Gasteiger partial charge in [0.05, 0.1) is 10.8 Å². The van der Waals surface area contributed by atoms with Crippen LogP contribution < -0.4 is 5.32 Å². The third-order valence-corrected chi connectivity index (χ3v) is 4.50. The summed E-state index contributed by atoms with van der Waals surface area (Å²) in [4.78, 5) is 39.8. The molecule has 2 amide bonds. The molecule has 1 atom stereocenters. The summed E-state index contributed by atoms with van der Waals surface area (Å²) in [5, 5.41) is 13.6. The molecular formula is C19H26N4O4. The quantitative estimate of drug-likeness (QED) is 0.209. The predicted molar refractivity (Wildman–Crippen MR) is 102 cm³/mol. The number of carbonyl (C=O) groups excluding carboxylic acids is 2. The number of pyridine rings is 1. The van der Waals surface area contributed by atoms with Gasteiger partial charge in [0, 0.05) is 25.6 Å². The van der Waals surface area contributed by atoms with Gasteiger partial charge in [-0.25, -0.2) is 4.98 Å². The summed E-state index contributed by atoms with van der Waals surface area (Å²) in [5.41, 5.74) is -0.0870. The molecule has 0 bridgehead atoms. The van der Waals surface area contributed by atoms with Crippen LogP contribution in [-0.4, -0.2) is 39.7 Å². The van der Waals surface area contributed by atoms with Gasteiger partial charge < -0.3 is 5.32 Å². The third-order valence-electron chi connectivity index (χ3n) is 4.50. The van der Waals surface area contributed by atoms with Crippen molar-refractivity contribution in [3.05, 3.63) is 40.6 Å². The van der Waals surface area contributed by atoms with Gasteiger partial charge in [0.2, 0.25) is 11.8 Å². The number of amides is 2. The van der Waals surface area contributed by atoms with E-state index >= 15 is 0 Å². The van der Waals surface area contributed by atoms with Gasteiger partial charge in [-0.15, -0.1) is 0 Å². The molecular weight excluding hydrogens is 348 g/mol. The molecule has 2 heterocycles. The van der Waals surface area contributed by atoms with E-state index in [1.54, 1.807) is 0 Å². The highest BCUT2D eigenvalue weighted by Gasteiger charge is 2.37. The van der Waals surface area contributed by atoms with Crippen LogP contribution in [-0.2, 0) is 9.59 Å². The second-order valence-corrected chi connectivity index (χ2v) is 6.57. The SMILES string of the molecule is CCCCCC=CCC1CC(=O)N(CCNc2ccc([N+](=O)[O-])cn2)C1=O. The number of nitrogens with zero attached hydrogens (tertiary/aromatic N) is 3. The second kappa shape index (κ2) is 10.4. The lowest BCUT2D eigenvalue weighted by Gasteiger charge is -2.15. The fourth-order valence-electron chi connectivity index (χ4n) is 2.96. The van der Waals surface area contributed by atoms with Crippen molar-refractivity contribution in [2.24, 2.45) is 5.92 Å². The molecule has 8 nitrogen and oxygen atoms in total. The summed E-state index contributed by atoms with van der Waals surface area (Å²) in [6.07, 6.45) is 10.7. The molecule has 1 aliphatic rings. The fraction of sp³-hybridized carbons (Fsp3) is 0.526. The number of rotatable bonds is 11. The molecule has 1 saturated heterocycles. The molecule has 0 radical (unpaired) electrons.